The summed E-state index contributed by atoms with van der Waals surface area (Å²) in [5, 5.41) is 18.1. The van der Waals surface area contributed by atoms with Gasteiger partial charge >= 0.3 is 5.97 Å². The van der Waals surface area contributed by atoms with Gasteiger partial charge in [0.25, 0.3) is 0 Å². The van der Waals surface area contributed by atoms with Crippen molar-refractivity contribution in [3.63, 3.8) is 0 Å². The van der Waals surface area contributed by atoms with Crippen LogP contribution in [0.2, 0.25) is 0 Å². The van der Waals surface area contributed by atoms with Crippen molar-refractivity contribution in [1.29, 1.82) is 0 Å². The topological polar surface area (TPSA) is 83.5 Å². The summed E-state index contributed by atoms with van der Waals surface area (Å²) in [6.45, 7) is 0. The molecule has 0 saturated heterocycles. The quantitative estimate of drug-likeness (QED) is 0.595. The van der Waals surface area contributed by atoms with Gasteiger partial charge in [-0.25, -0.2) is 0 Å². The first-order valence-corrected chi connectivity index (χ1v) is 4.77. The monoisotopic (exact) mass is 187 g/mol. The lowest BCUT2D eigenvalue weighted by atomic mass is 9.82. The van der Waals surface area contributed by atoms with Crippen LogP contribution in [0.1, 0.15) is 32.1 Å². The van der Waals surface area contributed by atoms with Gasteiger partial charge in [0, 0.05) is 0 Å². The summed E-state index contributed by atoms with van der Waals surface area (Å²) < 4.78 is 0. The average molecular weight is 187 g/mol. The SMILES string of the molecule is N[C@H](CC1CCCCC1O)C(=O)O. The van der Waals surface area contributed by atoms with Crippen molar-refractivity contribution in [3.05, 3.63) is 0 Å². The molecular formula is C9H17NO3. The van der Waals surface area contributed by atoms with E-state index in [-0.39, 0.29) is 12.0 Å². The third kappa shape index (κ3) is 2.97. The van der Waals surface area contributed by atoms with E-state index in [1.54, 1.807) is 0 Å². The van der Waals surface area contributed by atoms with E-state index in [9.17, 15) is 9.90 Å². The Morgan fingerprint density at radius 3 is 2.62 bits per heavy atom. The van der Waals surface area contributed by atoms with Crippen molar-refractivity contribution in [3.8, 4) is 0 Å². The molecule has 0 aromatic rings. The van der Waals surface area contributed by atoms with E-state index in [0.717, 1.165) is 25.7 Å². The van der Waals surface area contributed by atoms with Gasteiger partial charge in [-0.2, -0.15) is 0 Å². The predicted molar refractivity (Wildman–Crippen MR) is 48.2 cm³/mol. The number of aliphatic carboxylic acids is 1. The molecule has 76 valence electrons. The number of hydrogen-bond donors (Lipinski definition) is 3. The fraction of sp³-hybridized carbons (Fsp3) is 0.889. The maximum Gasteiger partial charge on any atom is 0.320 e. The van der Waals surface area contributed by atoms with Gasteiger partial charge in [0.15, 0.2) is 0 Å². The van der Waals surface area contributed by atoms with Crippen LogP contribution < -0.4 is 5.73 Å². The van der Waals surface area contributed by atoms with E-state index in [4.69, 9.17) is 10.8 Å². The van der Waals surface area contributed by atoms with E-state index in [1.807, 2.05) is 0 Å². The van der Waals surface area contributed by atoms with Gasteiger partial charge < -0.3 is 15.9 Å². The van der Waals surface area contributed by atoms with E-state index < -0.39 is 12.0 Å². The number of carboxylic acid groups (broad SMARTS) is 1. The first-order valence-electron chi connectivity index (χ1n) is 4.77. The molecule has 0 aliphatic heterocycles. The minimum absolute atomic E-state index is 0.0832. The molecule has 4 heteroatoms. The zero-order valence-electron chi connectivity index (χ0n) is 7.65. The highest BCUT2D eigenvalue weighted by atomic mass is 16.4. The Morgan fingerprint density at radius 2 is 2.08 bits per heavy atom. The molecule has 0 aromatic heterocycles. The number of aliphatic hydroxyl groups is 1. The summed E-state index contributed by atoms with van der Waals surface area (Å²) >= 11 is 0. The van der Waals surface area contributed by atoms with Gasteiger partial charge in [0.1, 0.15) is 6.04 Å². The minimum Gasteiger partial charge on any atom is -0.480 e. The summed E-state index contributed by atoms with van der Waals surface area (Å²) in [6, 6.07) is -0.822. The van der Waals surface area contributed by atoms with Crippen molar-refractivity contribution in [2.75, 3.05) is 0 Å². The first-order chi connectivity index (χ1) is 6.11. The number of aliphatic hydroxyl groups excluding tert-OH is 1. The van der Waals surface area contributed by atoms with Crippen molar-refractivity contribution >= 4 is 5.97 Å². The fourth-order valence-corrected chi connectivity index (χ4v) is 1.89. The van der Waals surface area contributed by atoms with Gasteiger partial charge in [-0.3, -0.25) is 4.79 Å². The first kappa shape index (κ1) is 10.5. The van der Waals surface area contributed by atoms with Gasteiger partial charge in [0.2, 0.25) is 0 Å². The fourth-order valence-electron chi connectivity index (χ4n) is 1.89. The summed E-state index contributed by atoms with van der Waals surface area (Å²) in [6.07, 6.45) is 3.86. The molecule has 0 aromatic carbocycles. The second kappa shape index (κ2) is 4.58. The second-order valence-corrected chi connectivity index (χ2v) is 3.79. The highest BCUT2D eigenvalue weighted by Crippen LogP contribution is 2.27. The third-order valence-corrected chi connectivity index (χ3v) is 2.74. The standard InChI is InChI=1S/C9H17NO3/c10-7(9(12)13)5-6-3-1-2-4-8(6)11/h6-8,11H,1-5,10H2,(H,12,13)/t6?,7-,8?/m1/s1. The number of nitrogens with two attached hydrogens (primary N) is 1. The molecule has 3 atom stereocenters. The number of carboxylic acids is 1. The van der Waals surface area contributed by atoms with Crippen LogP contribution in [0.4, 0.5) is 0 Å². The highest BCUT2D eigenvalue weighted by Gasteiger charge is 2.26. The van der Waals surface area contributed by atoms with E-state index >= 15 is 0 Å². The molecule has 0 heterocycles. The molecule has 1 fully saturated rings. The maximum absolute atomic E-state index is 10.5. The van der Waals surface area contributed by atoms with Crippen molar-refractivity contribution in [2.45, 2.75) is 44.2 Å². The van der Waals surface area contributed by atoms with Gasteiger partial charge in [0.05, 0.1) is 6.10 Å². The van der Waals surface area contributed by atoms with Gasteiger partial charge in [-0.1, -0.05) is 12.8 Å². The number of hydrogen-bond acceptors (Lipinski definition) is 3. The third-order valence-electron chi connectivity index (χ3n) is 2.74. The molecule has 4 nitrogen and oxygen atoms in total. The van der Waals surface area contributed by atoms with Crippen LogP contribution in [-0.4, -0.2) is 28.3 Å². The summed E-state index contributed by atoms with van der Waals surface area (Å²) in [7, 11) is 0. The lowest BCUT2D eigenvalue weighted by Crippen LogP contribution is -2.36. The van der Waals surface area contributed by atoms with Crippen LogP contribution in [0.5, 0.6) is 0 Å². The predicted octanol–water partition coefficient (Wildman–Crippen LogP) is 0.339. The molecule has 2 unspecified atom stereocenters. The van der Waals surface area contributed by atoms with E-state index in [2.05, 4.69) is 0 Å². The van der Waals surface area contributed by atoms with Crippen LogP contribution >= 0.6 is 0 Å². The smallest absolute Gasteiger partial charge is 0.320 e. The zero-order valence-corrected chi connectivity index (χ0v) is 7.65. The van der Waals surface area contributed by atoms with Gasteiger partial charge in [-0.15, -0.1) is 0 Å². The van der Waals surface area contributed by atoms with E-state index in [1.165, 1.54) is 0 Å². The van der Waals surface area contributed by atoms with Gasteiger partial charge in [-0.05, 0) is 25.2 Å². The van der Waals surface area contributed by atoms with Crippen molar-refractivity contribution < 1.29 is 15.0 Å². The van der Waals surface area contributed by atoms with Crippen molar-refractivity contribution in [2.24, 2.45) is 11.7 Å². The molecular weight excluding hydrogens is 170 g/mol. The largest absolute Gasteiger partial charge is 0.480 e. The Labute approximate surface area is 77.7 Å². The summed E-state index contributed by atoms with van der Waals surface area (Å²) in [4.78, 5) is 10.5. The number of carbonyl (C=O) groups is 1. The Bertz CT molecular complexity index is 184. The Balaban J connectivity index is 2.37. The van der Waals surface area contributed by atoms with Crippen LogP contribution in [0.25, 0.3) is 0 Å². The zero-order chi connectivity index (χ0) is 9.84. The van der Waals surface area contributed by atoms with Crippen LogP contribution in [0, 0.1) is 5.92 Å². The molecule has 13 heavy (non-hydrogen) atoms. The molecule has 0 spiro atoms. The maximum atomic E-state index is 10.5. The molecule has 0 amide bonds. The molecule has 1 rings (SSSR count). The molecule has 1 aliphatic carbocycles. The lowest BCUT2D eigenvalue weighted by Gasteiger charge is -2.28. The second-order valence-electron chi connectivity index (χ2n) is 3.79. The lowest BCUT2D eigenvalue weighted by molar-refractivity contribution is -0.139. The average Bonchev–Trinajstić information content (AvgIpc) is 2.08. The Hall–Kier alpha value is -0.610. The molecule has 0 bridgehead atoms. The highest BCUT2D eigenvalue weighted by molar-refractivity contribution is 5.73. The molecule has 0 radical (unpaired) electrons. The Kier molecular flexibility index (Phi) is 3.69. The van der Waals surface area contributed by atoms with Crippen LogP contribution in [0.3, 0.4) is 0 Å². The van der Waals surface area contributed by atoms with Crippen LogP contribution in [0.15, 0.2) is 0 Å². The number of rotatable bonds is 3. The summed E-state index contributed by atoms with van der Waals surface area (Å²) in [5.41, 5.74) is 5.40. The summed E-state index contributed by atoms with van der Waals surface area (Å²) in [5.74, 6) is -0.891. The normalized spacial score (nSPS) is 31.2. The van der Waals surface area contributed by atoms with Crippen LogP contribution in [-0.2, 0) is 4.79 Å². The van der Waals surface area contributed by atoms with Crippen molar-refractivity contribution in [1.82, 2.24) is 0 Å². The van der Waals surface area contributed by atoms with E-state index in [0.29, 0.717) is 6.42 Å². The minimum atomic E-state index is -0.974. The molecule has 1 aliphatic rings. The Morgan fingerprint density at radius 1 is 1.46 bits per heavy atom. The molecule has 1 saturated carbocycles. The molecule has 4 N–H and O–H groups in total.